The van der Waals surface area contributed by atoms with E-state index in [1.54, 1.807) is 0 Å². The average molecular weight is 178 g/mol. The SMILES string of the molecule is NN1C(=O)c2cccc(O)c2C1=O. The first-order valence-electron chi connectivity index (χ1n) is 3.58. The summed E-state index contributed by atoms with van der Waals surface area (Å²) in [5.41, 5.74) is 0.127. The average Bonchev–Trinajstić information content (AvgIpc) is 2.33. The molecule has 0 radical (unpaired) electrons. The Bertz CT molecular complexity index is 414. The van der Waals surface area contributed by atoms with Gasteiger partial charge in [-0.25, -0.2) is 10.9 Å². The third kappa shape index (κ3) is 0.844. The van der Waals surface area contributed by atoms with Crippen molar-refractivity contribution in [3.8, 4) is 5.75 Å². The third-order valence-electron chi connectivity index (χ3n) is 1.92. The predicted molar refractivity (Wildman–Crippen MR) is 42.8 cm³/mol. The minimum absolute atomic E-state index is 0.0185. The number of carbonyl (C=O) groups excluding carboxylic acids is 2. The molecule has 1 aliphatic heterocycles. The quantitative estimate of drug-likeness (QED) is 0.329. The summed E-state index contributed by atoms with van der Waals surface area (Å²) >= 11 is 0. The number of carbonyl (C=O) groups is 2. The summed E-state index contributed by atoms with van der Waals surface area (Å²) in [6.07, 6.45) is 0. The molecule has 1 heterocycles. The molecule has 13 heavy (non-hydrogen) atoms. The molecule has 0 unspecified atom stereocenters. The van der Waals surface area contributed by atoms with Crippen molar-refractivity contribution in [1.29, 1.82) is 0 Å². The van der Waals surface area contributed by atoms with Crippen molar-refractivity contribution in [2.45, 2.75) is 0 Å². The molecule has 5 heteroatoms. The van der Waals surface area contributed by atoms with E-state index in [0.717, 1.165) is 0 Å². The van der Waals surface area contributed by atoms with Crippen LogP contribution in [0.4, 0.5) is 0 Å². The van der Waals surface area contributed by atoms with Gasteiger partial charge in [-0.15, -0.1) is 0 Å². The fraction of sp³-hybridized carbons (Fsp3) is 0. The lowest BCUT2D eigenvalue weighted by atomic mass is 10.1. The Morgan fingerprint density at radius 2 is 1.92 bits per heavy atom. The number of hydrazine groups is 1. The highest BCUT2D eigenvalue weighted by molar-refractivity contribution is 6.22. The second-order valence-corrected chi connectivity index (χ2v) is 2.68. The standard InChI is InChI=1S/C8H6N2O3/c9-10-7(12)4-2-1-3-5(11)6(4)8(10)13/h1-3,11H,9H2. The van der Waals surface area contributed by atoms with Crippen molar-refractivity contribution in [2.75, 3.05) is 0 Å². The molecular weight excluding hydrogens is 172 g/mol. The van der Waals surface area contributed by atoms with E-state index in [-0.39, 0.29) is 16.9 Å². The summed E-state index contributed by atoms with van der Waals surface area (Å²) in [7, 11) is 0. The Morgan fingerprint density at radius 3 is 2.54 bits per heavy atom. The third-order valence-corrected chi connectivity index (χ3v) is 1.92. The number of phenols is 1. The smallest absolute Gasteiger partial charge is 0.279 e. The molecular formula is C8H6N2O3. The summed E-state index contributed by atoms with van der Waals surface area (Å²) in [6.45, 7) is 0. The van der Waals surface area contributed by atoms with Gasteiger partial charge in [0.25, 0.3) is 11.8 Å². The lowest BCUT2D eigenvalue weighted by molar-refractivity contribution is 0.0653. The monoisotopic (exact) mass is 178 g/mol. The van der Waals surface area contributed by atoms with Gasteiger partial charge in [0.05, 0.1) is 11.1 Å². The van der Waals surface area contributed by atoms with Crippen LogP contribution >= 0.6 is 0 Å². The summed E-state index contributed by atoms with van der Waals surface area (Å²) < 4.78 is 0. The zero-order chi connectivity index (χ0) is 9.59. The fourth-order valence-corrected chi connectivity index (χ4v) is 1.29. The maximum atomic E-state index is 11.2. The van der Waals surface area contributed by atoms with Gasteiger partial charge in [0.2, 0.25) is 0 Å². The lowest BCUT2D eigenvalue weighted by Gasteiger charge is -2.02. The summed E-state index contributed by atoms with van der Waals surface area (Å²) in [4.78, 5) is 22.5. The zero-order valence-corrected chi connectivity index (χ0v) is 6.52. The van der Waals surface area contributed by atoms with E-state index < -0.39 is 11.8 Å². The number of amides is 2. The number of hydrogen-bond acceptors (Lipinski definition) is 4. The summed E-state index contributed by atoms with van der Waals surface area (Å²) in [5.74, 6) is 3.69. The first kappa shape index (κ1) is 7.75. The molecule has 1 aromatic carbocycles. The van der Waals surface area contributed by atoms with Crippen LogP contribution in [0.15, 0.2) is 18.2 Å². The van der Waals surface area contributed by atoms with Gasteiger partial charge in [-0.2, -0.15) is 0 Å². The van der Waals surface area contributed by atoms with E-state index >= 15 is 0 Å². The van der Waals surface area contributed by atoms with Crippen LogP contribution in [0.25, 0.3) is 0 Å². The van der Waals surface area contributed by atoms with E-state index in [9.17, 15) is 14.7 Å². The molecule has 1 aromatic rings. The van der Waals surface area contributed by atoms with E-state index in [1.165, 1.54) is 18.2 Å². The van der Waals surface area contributed by atoms with Crippen LogP contribution in [0.5, 0.6) is 5.75 Å². The molecule has 0 saturated carbocycles. The van der Waals surface area contributed by atoms with Crippen molar-refractivity contribution in [2.24, 2.45) is 5.84 Å². The molecule has 2 amide bonds. The number of rotatable bonds is 0. The van der Waals surface area contributed by atoms with Crippen molar-refractivity contribution in [3.63, 3.8) is 0 Å². The Labute approximate surface area is 73.3 Å². The highest BCUT2D eigenvalue weighted by atomic mass is 16.3. The molecule has 5 nitrogen and oxygen atoms in total. The molecule has 0 atom stereocenters. The van der Waals surface area contributed by atoms with E-state index in [2.05, 4.69) is 0 Å². The zero-order valence-electron chi connectivity index (χ0n) is 6.52. The van der Waals surface area contributed by atoms with Crippen molar-refractivity contribution >= 4 is 11.8 Å². The van der Waals surface area contributed by atoms with Gasteiger partial charge in [-0.1, -0.05) is 6.07 Å². The van der Waals surface area contributed by atoms with Crippen molar-refractivity contribution < 1.29 is 14.7 Å². The summed E-state index contributed by atoms with van der Waals surface area (Å²) in [5, 5.41) is 9.77. The second kappa shape index (κ2) is 2.30. The summed E-state index contributed by atoms with van der Waals surface area (Å²) in [6, 6.07) is 4.27. The predicted octanol–water partition coefficient (Wildman–Crippen LogP) is -0.138. The lowest BCUT2D eigenvalue weighted by Crippen LogP contribution is -2.36. The van der Waals surface area contributed by atoms with Crippen LogP contribution in [-0.2, 0) is 0 Å². The van der Waals surface area contributed by atoms with Gasteiger partial charge in [-0.05, 0) is 12.1 Å². The van der Waals surface area contributed by atoms with Gasteiger partial charge >= 0.3 is 0 Å². The van der Waals surface area contributed by atoms with Gasteiger partial charge in [0.1, 0.15) is 5.75 Å². The highest BCUT2D eigenvalue weighted by Gasteiger charge is 2.35. The van der Waals surface area contributed by atoms with Crippen molar-refractivity contribution in [3.05, 3.63) is 29.3 Å². The number of phenolic OH excluding ortho intramolecular Hbond substituents is 1. The maximum Gasteiger partial charge on any atom is 0.279 e. The number of fused-ring (bicyclic) bond motifs is 1. The molecule has 0 saturated heterocycles. The molecule has 0 spiro atoms. The number of imide groups is 1. The maximum absolute atomic E-state index is 11.2. The largest absolute Gasteiger partial charge is 0.507 e. The van der Waals surface area contributed by atoms with E-state index in [1.807, 2.05) is 0 Å². The topological polar surface area (TPSA) is 83.6 Å². The van der Waals surface area contributed by atoms with Gasteiger partial charge in [0.15, 0.2) is 0 Å². The number of hydrogen-bond donors (Lipinski definition) is 2. The van der Waals surface area contributed by atoms with Crippen LogP contribution in [0.3, 0.4) is 0 Å². The molecule has 3 N–H and O–H groups in total. The van der Waals surface area contributed by atoms with Crippen LogP contribution in [-0.4, -0.2) is 21.9 Å². The Kier molecular flexibility index (Phi) is 1.37. The van der Waals surface area contributed by atoms with Gasteiger partial charge in [-0.3, -0.25) is 9.59 Å². The van der Waals surface area contributed by atoms with Crippen LogP contribution < -0.4 is 5.84 Å². The number of nitrogens with zero attached hydrogens (tertiary/aromatic N) is 1. The van der Waals surface area contributed by atoms with E-state index in [0.29, 0.717) is 5.01 Å². The van der Waals surface area contributed by atoms with Crippen LogP contribution in [0, 0.1) is 0 Å². The van der Waals surface area contributed by atoms with E-state index in [4.69, 9.17) is 5.84 Å². The Morgan fingerprint density at radius 1 is 1.23 bits per heavy atom. The van der Waals surface area contributed by atoms with Crippen LogP contribution in [0.2, 0.25) is 0 Å². The first-order chi connectivity index (χ1) is 6.13. The molecule has 2 rings (SSSR count). The molecule has 66 valence electrons. The minimum atomic E-state index is -0.668. The molecule has 0 aliphatic carbocycles. The molecule has 0 aromatic heterocycles. The second-order valence-electron chi connectivity index (χ2n) is 2.68. The normalized spacial score (nSPS) is 15.0. The molecule has 1 aliphatic rings. The molecule has 0 bridgehead atoms. The number of aromatic hydroxyl groups is 1. The fourth-order valence-electron chi connectivity index (χ4n) is 1.29. The number of nitrogens with two attached hydrogens (primary N) is 1. The highest BCUT2D eigenvalue weighted by Crippen LogP contribution is 2.27. The van der Waals surface area contributed by atoms with Crippen LogP contribution in [0.1, 0.15) is 20.7 Å². The Balaban J connectivity index is 2.74. The first-order valence-corrected chi connectivity index (χ1v) is 3.58. The van der Waals surface area contributed by atoms with Gasteiger partial charge in [0, 0.05) is 0 Å². The molecule has 0 fully saturated rings. The Hall–Kier alpha value is -1.88. The van der Waals surface area contributed by atoms with Gasteiger partial charge < -0.3 is 5.11 Å². The minimum Gasteiger partial charge on any atom is -0.507 e. The van der Waals surface area contributed by atoms with Crippen molar-refractivity contribution in [1.82, 2.24) is 5.01 Å². The number of benzene rings is 1.